The Morgan fingerprint density at radius 3 is 3.10 bits per heavy atom. The van der Waals surface area contributed by atoms with Gasteiger partial charge in [-0.15, -0.1) is 0 Å². The Morgan fingerprint density at radius 1 is 1.60 bits per heavy atom. The van der Waals surface area contributed by atoms with Crippen LogP contribution in [-0.2, 0) is 9.53 Å². The normalized spacial score (nSPS) is 25.8. The zero-order chi connectivity index (χ0) is 7.23. The number of hydrogen-bond donors (Lipinski definition) is 2. The summed E-state index contributed by atoms with van der Waals surface area (Å²) in [6, 6.07) is 0.291. The van der Waals surface area contributed by atoms with Crippen molar-refractivity contribution in [2.75, 3.05) is 26.2 Å². The van der Waals surface area contributed by atoms with Crippen LogP contribution in [0.25, 0.3) is 0 Å². The number of piperazine rings is 1. The van der Waals surface area contributed by atoms with Gasteiger partial charge in [0.25, 0.3) is 6.47 Å². The molecule has 0 aromatic heterocycles. The number of nitrogens with one attached hydrogen (secondary N) is 2. The third kappa shape index (κ3) is 2.33. The van der Waals surface area contributed by atoms with E-state index in [0.717, 1.165) is 19.6 Å². The van der Waals surface area contributed by atoms with Gasteiger partial charge in [-0.25, -0.2) is 0 Å². The maximum absolute atomic E-state index is 9.78. The first-order valence-corrected chi connectivity index (χ1v) is 3.43. The number of carbonyl (C=O) groups excluding carboxylic acids is 1. The maximum atomic E-state index is 9.78. The molecule has 0 aromatic rings. The van der Waals surface area contributed by atoms with Gasteiger partial charge in [0.1, 0.15) is 6.61 Å². The molecule has 0 saturated carbocycles. The molecular formula is C6H12N2O2. The topological polar surface area (TPSA) is 50.4 Å². The molecule has 1 unspecified atom stereocenters. The van der Waals surface area contributed by atoms with Crippen LogP contribution in [0, 0.1) is 0 Å². The average molecular weight is 144 g/mol. The molecule has 0 aromatic carbocycles. The molecule has 0 amide bonds. The first-order valence-electron chi connectivity index (χ1n) is 3.43. The van der Waals surface area contributed by atoms with Crippen molar-refractivity contribution in [3.63, 3.8) is 0 Å². The Labute approximate surface area is 59.9 Å². The van der Waals surface area contributed by atoms with Crippen LogP contribution < -0.4 is 10.6 Å². The van der Waals surface area contributed by atoms with Gasteiger partial charge in [0.15, 0.2) is 0 Å². The Bertz CT molecular complexity index is 102. The van der Waals surface area contributed by atoms with Gasteiger partial charge < -0.3 is 15.4 Å². The molecule has 4 nitrogen and oxygen atoms in total. The molecule has 1 saturated heterocycles. The summed E-state index contributed by atoms with van der Waals surface area (Å²) < 4.78 is 4.59. The Hall–Kier alpha value is -0.610. The molecule has 1 heterocycles. The quantitative estimate of drug-likeness (QED) is 0.484. The minimum atomic E-state index is 0.291. The number of rotatable bonds is 3. The van der Waals surface area contributed by atoms with E-state index in [1.165, 1.54) is 0 Å². The maximum Gasteiger partial charge on any atom is 0.293 e. The average Bonchev–Trinajstić information content (AvgIpc) is 2.03. The SMILES string of the molecule is O=COCC1CNCCN1. The predicted molar refractivity (Wildman–Crippen MR) is 36.7 cm³/mol. The fourth-order valence-electron chi connectivity index (χ4n) is 0.986. The lowest BCUT2D eigenvalue weighted by Crippen LogP contribution is -2.50. The summed E-state index contributed by atoms with van der Waals surface area (Å²) in [6.07, 6.45) is 0. The van der Waals surface area contributed by atoms with Crippen LogP contribution in [0.15, 0.2) is 0 Å². The Kier molecular flexibility index (Phi) is 3.18. The summed E-state index contributed by atoms with van der Waals surface area (Å²) in [5.74, 6) is 0. The third-order valence-corrected chi connectivity index (χ3v) is 1.49. The fraction of sp³-hybridized carbons (Fsp3) is 0.833. The summed E-state index contributed by atoms with van der Waals surface area (Å²) in [5.41, 5.74) is 0. The van der Waals surface area contributed by atoms with Crippen LogP contribution >= 0.6 is 0 Å². The van der Waals surface area contributed by atoms with Crippen molar-refractivity contribution < 1.29 is 9.53 Å². The van der Waals surface area contributed by atoms with Crippen LogP contribution in [0.4, 0.5) is 0 Å². The fourth-order valence-corrected chi connectivity index (χ4v) is 0.986. The second-order valence-electron chi connectivity index (χ2n) is 2.28. The highest BCUT2D eigenvalue weighted by atomic mass is 16.5. The molecule has 58 valence electrons. The van der Waals surface area contributed by atoms with Crippen LogP contribution in [-0.4, -0.2) is 38.8 Å². The van der Waals surface area contributed by atoms with Crippen molar-refractivity contribution in [2.24, 2.45) is 0 Å². The van der Waals surface area contributed by atoms with E-state index in [0.29, 0.717) is 19.1 Å². The largest absolute Gasteiger partial charge is 0.466 e. The van der Waals surface area contributed by atoms with Crippen LogP contribution in [0.1, 0.15) is 0 Å². The van der Waals surface area contributed by atoms with E-state index >= 15 is 0 Å². The van der Waals surface area contributed by atoms with E-state index in [4.69, 9.17) is 0 Å². The molecule has 1 rings (SSSR count). The minimum Gasteiger partial charge on any atom is -0.466 e. The summed E-state index contributed by atoms with van der Waals surface area (Å²) in [6.45, 7) is 3.78. The predicted octanol–water partition coefficient (Wildman–Crippen LogP) is -1.28. The standard InChI is InChI=1S/C6H12N2O2/c9-5-10-4-6-3-7-1-2-8-6/h5-8H,1-4H2. The lowest BCUT2D eigenvalue weighted by Gasteiger charge is -2.23. The molecular weight excluding hydrogens is 132 g/mol. The zero-order valence-electron chi connectivity index (χ0n) is 5.80. The molecule has 1 aliphatic rings. The monoisotopic (exact) mass is 144 g/mol. The first-order chi connectivity index (χ1) is 4.93. The summed E-state index contributed by atoms with van der Waals surface area (Å²) >= 11 is 0. The summed E-state index contributed by atoms with van der Waals surface area (Å²) in [7, 11) is 0. The highest BCUT2D eigenvalue weighted by Gasteiger charge is 2.10. The molecule has 2 N–H and O–H groups in total. The molecule has 4 heteroatoms. The van der Waals surface area contributed by atoms with Gasteiger partial charge in [-0.05, 0) is 0 Å². The minimum absolute atomic E-state index is 0.291. The van der Waals surface area contributed by atoms with Crippen molar-refractivity contribution in [2.45, 2.75) is 6.04 Å². The molecule has 10 heavy (non-hydrogen) atoms. The lowest BCUT2D eigenvalue weighted by molar-refractivity contribution is -0.129. The van der Waals surface area contributed by atoms with Gasteiger partial charge in [0, 0.05) is 19.6 Å². The van der Waals surface area contributed by atoms with Crippen molar-refractivity contribution in [3.05, 3.63) is 0 Å². The van der Waals surface area contributed by atoms with Gasteiger partial charge in [-0.1, -0.05) is 0 Å². The van der Waals surface area contributed by atoms with Crippen LogP contribution in [0.5, 0.6) is 0 Å². The van der Waals surface area contributed by atoms with Crippen molar-refractivity contribution in [3.8, 4) is 0 Å². The number of carbonyl (C=O) groups is 1. The first kappa shape index (κ1) is 7.50. The Morgan fingerprint density at radius 2 is 2.50 bits per heavy atom. The van der Waals surface area contributed by atoms with Crippen molar-refractivity contribution in [1.29, 1.82) is 0 Å². The molecule has 1 atom stereocenters. The zero-order valence-corrected chi connectivity index (χ0v) is 5.80. The molecule has 0 bridgehead atoms. The Balaban J connectivity index is 2.07. The summed E-state index contributed by atoms with van der Waals surface area (Å²) in [5, 5.41) is 6.39. The molecule has 1 fully saturated rings. The van der Waals surface area contributed by atoms with Crippen molar-refractivity contribution in [1.82, 2.24) is 10.6 Å². The highest BCUT2D eigenvalue weighted by Crippen LogP contribution is 1.86. The third-order valence-electron chi connectivity index (χ3n) is 1.49. The van der Waals surface area contributed by atoms with E-state index in [1.807, 2.05) is 0 Å². The van der Waals surface area contributed by atoms with E-state index < -0.39 is 0 Å². The van der Waals surface area contributed by atoms with Gasteiger partial charge in [-0.3, -0.25) is 4.79 Å². The van der Waals surface area contributed by atoms with Crippen molar-refractivity contribution >= 4 is 6.47 Å². The van der Waals surface area contributed by atoms with E-state index in [-0.39, 0.29) is 0 Å². The van der Waals surface area contributed by atoms with E-state index in [9.17, 15) is 4.79 Å². The van der Waals surface area contributed by atoms with Gasteiger partial charge in [0.05, 0.1) is 6.04 Å². The lowest BCUT2D eigenvalue weighted by atomic mass is 10.2. The van der Waals surface area contributed by atoms with Gasteiger partial charge in [0.2, 0.25) is 0 Å². The summed E-state index contributed by atoms with van der Waals surface area (Å²) in [4.78, 5) is 9.78. The molecule has 1 aliphatic heterocycles. The number of hydrogen-bond acceptors (Lipinski definition) is 4. The number of ether oxygens (including phenoxy) is 1. The van der Waals surface area contributed by atoms with Crippen LogP contribution in [0.3, 0.4) is 0 Å². The van der Waals surface area contributed by atoms with E-state index in [1.54, 1.807) is 0 Å². The van der Waals surface area contributed by atoms with E-state index in [2.05, 4.69) is 15.4 Å². The smallest absolute Gasteiger partial charge is 0.293 e. The second kappa shape index (κ2) is 4.24. The second-order valence-corrected chi connectivity index (χ2v) is 2.28. The van der Waals surface area contributed by atoms with Gasteiger partial charge in [-0.2, -0.15) is 0 Å². The van der Waals surface area contributed by atoms with Gasteiger partial charge >= 0.3 is 0 Å². The highest BCUT2D eigenvalue weighted by molar-refractivity contribution is 5.36. The van der Waals surface area contributed by atoms with Crippen LogP contribution in [0.2, 0.25) is 0 Å². The molecule has 0 radical (unpaired) electrons. The molecule has 0 spiro atoms. The molecule has 0 aliphatic carbocycles.